The van der Waals surface area contributed by atoms with Crippen LogP contribution in [-0.4, -0.2) is 69.2 Å². The Morgan fingerprint density at radius 2 is 1.87 bits per heavy atom. The van der Waals surface area contributed by atoms with Crippen molar-refractivity contribution in [2.24, 2.45) is 0 Å². The molecule has 1 saturated heterocycles. The molecule has 0 aromatic carbocycles. The normalized spacial score (nSPS) is 15.4. The number of hydrogen-bond acceptors (Lipinski definition) is 10. The largest absolute Gasteiger partial charge is 0.477 e. The fraction of sp³-hybridized carbons (Fsp3) is 0.440. The van der Waals surface area contributed by atoms with Gasteiger partial charge in [0.15, 0.2) is 0 Å². The van der Waals surface area contributed by atoms with Gasteiger partial charge in [-0.15, -0.1) is 0 Å². The van der Waals surface area contributed by atoms with Gasteiger partial charge in [-0.05, 0) is 58.7 Å². The number of ether oxygens (including phenoxy) is 2. The third-order valence-electron chi connectivity index (χ3n) is 6.14. The molecule has 39 heavy (non-hydrogen) atoms. The summed E-state index contributed by atoms with van der Waals surface area (Å²) in [5.74, 6) is 0.103. The second-order valence-corrected chi connectivity index (χ2v) is 11.2. The maximum absolute atomic E-state index is 13.7. The number of aromatic nitrogens is 5. The van der Waals surface area contributed by atoms with Crippen molar-refractivity contribution in [3.63, 3.8) is 0 Å². The van der Waals surface area contributed by atoms with Crippen LogP contribution in [0.25, 0.3) is 11.3 Å². The highest BCUT2D eigenvalue weighted by Gasteiger charge is 2.44. The molecule has 4 rings (SSSR count). The summed E-state index contributed by atoms with van der Waals surface area (Å²) in [7, 11) is -4.69. The Kier molecular flexibility index (Phi) is 8.09. The third-order valence-corrected chi connectivity index (χ3v) is 7.31. The maximum Gasteiger partial charge on any atom is 0.362 e. The van der Waals surface area contributed by atoms with Gasteiger partial charge in [0.05, 0.1) is 41.3 Å². The van der Waals surface area contributed by atoms with Gasteiger partial charge in [-0.25, -0.2) is 24.2 Å². The van der Waals surface area contributed by atoms with Gasteiger partial charge in [0, 0.05) is 31.2 Å². The summed E-state index contributed by atoms with van der Waals surface area (Å²) < 4.78 is 45.9. The van der Waals surface area contributed by atoms with E-state index in [1.165, 1.54) is 12.4 Å². The smallest absolute Gasteiger partial charge is 0.362 e. The predicted molar refractivity (Wildman–Crippen MR) is 143 cm³/mol. The molecule has 208 valence electrons. The average molecular weight is 558 g/mol. The van der Waals surface area contributed by atoms with Crippen molar-refractivity contribution in [1.29, 1.82) is 0 Å². The van der Waals surface area contributed by atoms with Crippen molar-refractivity contribution < 1.29 is 27.2 Å². The molecule has 0 bridgehead atoms. The molecule has 0 aliphatic carbocycles. The van der Waals surface area contributed by atoms with E-state index in [-0.39, 0.29) is 11.9 Å². The highest BCUT2D eigenvalue weighted by molar-refractivity contribution is 7.87. The molecule has 0 saturated carbocycles. The molecule has 3 aromatic rings. The quantitative estimate of drug-likeness (QED) is 0.390. The van der Waals surface area contributed by atoms with Gasteiger partial charge in [0.2, 0.25) is 17.7 Å². The zero-order chi connectivity index (χ0) is 28.3. The van der Waals surface area contributed by atoms with E-state index in [1.54, 1.807) is 51.4 Å². The number of rotatable bonds is 8. The average Bonchev–Trinajstić information content (AvgIpc) is 2.88. The number of nitrogens with zero attached hydrogens (tertiary/aromatic N) is 6. The summed E-state index contributed by atoms with van der Waals surface area (Å²) in [5.41, 5.74) is -0.629. The monoisotopic (exact) mass is 557 g/mol. The first-order valence-electron chi connectivity index (χ1n) is 12.4. The second kappa shape index (κ2) is 11.2. The summed E-state index contributed by atoms with van der Waals surface area (Å²) >= 11 is 0. The minimum atomic E-state index is -4.69. The molecule has 0 radical (unpaired) electrons. The molecule has 13 nitrogen and oxygen atoms in total. The van der Waals surface area contributed by atoms with Gasteiger partial charge in [-0.3, -0.25) is 14.3 Å². The standard InChI is InChI=1S/C25H31N7O6S/c1-5-38-21-16-26-15-18(29-21)17-6-7-20(28-14-17)31-22(33)25(9-12-37-13-10-25)19-8-11-27-23(30-19)32(24(2,3)4)39(34,35)36/h6-8,11,14-16H,5,9-10,12-13H2,1-4H3,(H,28,31,33)(H,34,35,36). The summed E-state index contributed by atoms with van der Waals surface area (Å²) in [5, 5.41) is 2.86. The Labute approximate surface area is 226 Å². The van der Waals surface area contributed by atoms with E-state index in [0.717, 1.165) is 4.31 Å². The predicted octanol–water partition coefficient (Wildman–Crippen LogP) is 2.82. The number of hydrogen-bond donors (Lipinski definition) is 2. The number of amides is 1. The van der Waals surface area contributed by atoms with Crippen LogP contribution < -0.4 is 14.4 Å². The lowest BCUT2D eigenvalue weighted by Crippen LogP contribution is -2.48. The second-order valence-electron chi connectivity index (χ2n) is 9.91. The number of anilines is 2. The summed E-state index contributed by atoms with van der Waals surface area (Å²) in [6, 6.07) is 4.98. The number of carbonyl (C=O) groups is 1. The fourth-order valence-electron chi connectivity index (χ4n) is 4.34. The molecule has 3 aromatic heterocycles. The van der Waals surface area contributed by atoms with E-state index >= 15 is 0 Å². The van der Waals surface area contributed by atoms with Crippen molar-refractivity contribution in [3.8, 4) is 17.1 Å². The lowest BCUT2D eigenvalue weighted by molar-refractivity contribution is -0.125. The van der Waals surface area contributed by atoms with Gasteiger partial charge >= 0.3 is 10.3 Å². The minimum Gasteiger partial charge on any atom is -0.477 e. The first-order chi connectivity index (χ1) is 18.4. The van der Waals surface area contributed by atoms with Crippen LogP contribution in [0.3, 0.4) is 0 Å². The van der Waals surface area contributed by atoms with Gasteiger partial charge in [0.1, 0.15) is 5.82 Å². The van der Waals surface area contributed by atoms with E-state index in [4.69, 9.17) is 9.47 Å². The minimum absolute atomic E-state index is 0.237. The van der Waals surface area contributed by atoms with E-state index in [1.807, 2.05) is 6.92 Å². The lowest BCUT2D eigenvalue weighted by Gasteiger charge is -2.36. The molecule has 1 aliphatic heterocycles. The van der Waals surface area contributed by atoms with Crippen LogP contribution in [0.2, 0.25) is 0 Å². The van der Waals surface area contributed by atoms with Gasteiger partial charge in [-0.1, -0.05) is 0 Å². The van der Waals surface area contributed by atoms with Crippen LogP contribution in [0.5, 0.6) is 5.88 Å². The van der Waals surface area contributed by atoms with Crippen LogP contribution in [-0.2, 0) is 25.3 Å². The first kappa shape index (κ1) is 28.3. The number of carbonyl (C=O) groups excluding carboxylic acids is 1. The van der Waals surface area contributed by atoms with Crippen molar-refractivity contribution in [2.45, 2.75) is 51.5 Å². The zero-order valence-corrected chi connectivity index (χ0v) is 23.0. The number of nitrogens with one attached hydrogen (secondary N) is 1. The molecule has 1 amide bonds. The lowest BCUT2D eigenvalue weighted by atomic mass is 9.76. The Hall–Kier alpha value is -3.75. The van der Waals surface area contributed by atoms with Crippen LogP contribution in [0.15, 0.2) is 43.0 Å². The summed E-state index contributed by atoms with van der Waals surface area (Å²) in [6.45, 7) is 7.72. The van der Waals surface area contributed by atoms with Crippen LogP contribution in [0, 0.1) is 0 Å². The fourth-order valence-corrected chi connectivity index (χ4v) is 5.33. The van der Waals surface area contributed by atoms with E-state index in [2.05, 4.69) is 30.2 Å². The van der Waals surface area contributed by atoms with Crippen molar-refractivity contribution in [2.75, 3.05) is 29.4 Å². The molecular weight excluding hydrogens is 526 g/mol. The van der Waals surface area contributed by atoms with E-state index in [9.17, 15) is 17.8 Å². The molecule has 0 unspecified atom stereocenters. The Bertz CT molecular complexity index is 1420. The molecule has 0 atom stereocenters. The molecule has 1 fully saturated rings. The van der Waals surface area contributed by atoms with Crippen molar-refractivity contribution in [1.82, 2.24) is 24.9 Å². The van der Waals surface area contributed by atoms with Gasteiger partial charge in [-0.2, -0.15) is 8.42 Å². The number of pyridine rings is 1. The molecule has 0 spiro atoms. The summed E-state index contributed by atoms with van der Waals surface area (Å²) in [6.07, 6.45) is 6.66. The summed E-state index contributed by atoms with van der Waals surface area (Å²) in [4.78, 5) is 35.2. The Morgan fingerprint density at radius 3 is 2.49 bits per heavy atom. The van der Waals surface area contributed by atoms with Crippen LogP contribution >= 0.6 is 0 Å². The molecule has 1 aliphatic rings. The van der Waals surface area contributed by atoms with Gasteiger partial charge in [0.25, 0.3) is 0 Å². The van der Waals surface area contributed by atoms with Crippen LogP contribution in [0.4, 0.5) is 11.8 Å². The Morgan fingerprint density at radius 1 is 1.13 bits per heavy atom. The molecule has 4 heterocycles. The topological polar surface area (TPSA) is 170 Å². The third kappa shape index (κ3) is 6.29. The molecule has 2 N–H and O–H groups in total. The van der Waals surface area contributed by atoms with Gasteiger partial charge < -0.3 is 14.8 Å². The maximum atomic E-state index is 13.7. The van der Waals surface area contributed by atoms with E-state index < -0.39 is 21.3 Å². The molecule has 14 heteroatoms. The SMILES string of the molecule is CCOc1cncc(-c2ccc(NC(=O)C3(c4ccnc(N(C(C)(C)C)S(=O)(=O)O)n4)CCOCC3)nc2)n1. The molecular formula is C25H31N7O6S. The van der Waals surface area contributed by atoms with Crippen molar-refractivity contribution >= 4 is 28.0 Å². The van der Waals surface area contributed by atoms with E-state index in [0.29, 0.717) is 61.3 Å². The highest BCUT2D eigenvalue weighted by Crippen LogP contribution is 2.36. The first-order valence-corrected chi connectivity index (χ1v) is 13.8. The zero-order valence-electron chi connectivity index (χ0n) is 22.2. The van der Waals surface area contributed by atoms with Crippen LogP contribution in [0.1, 0.15) is 46.2 Å². The highest BCUT2D eigenvalue weighted by atomic mass is 32.2. The Balaban J connectivity index is 1.63. The van der Waals surface area contributed by atoms with Crippen molar-refractivity contribution in [3.05, 3.63) is 48.7 Å².